The molecule has 21 heavy (non-hydrogen) atoms. The van der Waals surface area contributed by atoms with Gasteiger partial charge >= 0.3 is 0 Å². The van der Waals surface area contributed by atoms with E-state index in [1.165, 1.54) is 12.1 Å². The van der Waals surface area contributed by atoms with E-state index in [0.29, 0.717) is 11.3 Å². The van der Waals surface area contributed by atoms with E-state index in [2.05, 4.69) is 11.8 Å². The lowest BCUT2D eigenvalue weighted by atomic mass is 10.1. The van der Waals surface area contributed by atoms with Gasteiger partial charge in [0.2, 0.25) is 0 Å². The minimum atomic E-state index is -0.648. The number of hydrogen-bond acceptors (Lipinski definition) is 2. The number of benzene rings is 2. The summed E-state index contributed by atoms with van der Waals surface area (Å²) in [6.07, 6.45) is 0. The Morgan fingerprint density at radius 1 is 1.14 bits per heavy atom. The molecule has 0 amide bonds. The molecule has 0 aliphatic heterocycles. The van der Waals surface area contributed by atoms with Crippen molar-refractivity contribution >= 4 is 0 Å². The molecule has 0 fully saturated rings. The number of rotatable bonds is 3. The van der Waals surface area contributed by atoms with Crippen LogP contribution in [0, 0.1) is 30.4 Å². The van der Waals surface area contributed by atoms with Crippen LogP contribution < -0.4 is 4.74 Å². The standard InChI is InChI=1S/C17H14F2O2/c1-12-4-7-17(13(9-12)3-2-8-20)21-11-14-5-6-15(18)10-16(14)19/h4-7,9-10,20H,8,11H2,1H3. The summed E-state index contributed by atoms with van der Waals surface area (Å²) in [6.45, 7) is 1.64. The molecule has 2 aromatic carbocycles. The first-order valence-electron chi connectivity index (χ1n) is 6.37. The molecule has 0 aromatic heterocycles. The Balaban J connectivity index is 2.19. The summed E-state index contributed by atoms with van der Waals surface area (Å²) in [4.78, 5) is 0. The molecular formula is C17H14F2O2. The van der Waals surface area contributed by atoms with E-state index in [-0.39, 0.29) is 18.8 Å². The van der Waals surface area contributed by atoms with Crippen LogP contribution >= 0.6 is 0 Å². The third-order valence-electron chi connectivity index (χ3n) is 2.84. The fraction of sp³-hybridized carbons (Fsp3) is 0.176. The molecular weight excluding hydrogens is 274 g/mol. The minimum absolute atomic E-state index is 0.0248. The molecule has 0 heterocycles. The van der Waals surface area contributed by atoms with E-state index in [1.807, 2.05) is 19.1 Å². The highest BCUT2D eigenvalue weighted by Gasteiger charge is 2.07. The summed E-state index contributed by atoms with van der Waals surface area (Å²) in [6, 6.07) is 8.75. The van der Waals surface area contributed by atoms with Crippen LogP contribution in [-0.2, 0) is 6.61 Å². The molecule has 0 spiro atoms. The van der Waals surface area contributed by atoms with Crippen LogP contribution in [0.4, 0.5) is 8.78 Å². The summed E-state index contributed by atoms with van der Waals surface area (Å²) >= 11 is 0. The molecule has 0 radical (unpaired) electrons. The Hall–Kier alpha value is -2.38. The predicted octanol–water partition coefficient (Wildman–Crippen LogP) is 3.20. The third-order valence-corrected chi connectivity index (χ3v) is 2.84. The molecule has 0 unspecified atom stereocenters. The van der Waals surface area contributed by atoms with E-state index in [4.69, 9.17) is 9.84 Å². The average Bonchev–Trinajstić information content (AvgIpc) is 2.45. The molecule has 2 nitrogen and oxygen atoms in total. The van der Waals surface area contributed by atoms with Gasteiger partial charge in [-0.1, -0.05) is 17.9 Å². The molecule has 0 aliphatic rings. The van der Waals surface area contributed by atoms with Crippen LogP contribution in [-0.4, -0.2) is 11.7 Å². The van der Waals surface area contributed by atoms with Gasteiger partial charge in [-0.3, -0.25) is 0 Å². The first kappa shape index (κ1) is 15.0. The average molecular weight is 288 g/mol. The van der Waals surface area contributed by atoms with Gasteiger partial charge in [0, 0.05) is 11.6 Å². The van der Waals surface area contributed by atoms with Crippen molar-refractivity contribution in [2.45, 2.75) is 13.5 Å². The second-order valence-corrected chi connectivity index (χ2v) is 4.48. The Kier molecular flexibility index (Phi) is 4.91. The summed E-state index contributed by atoms with van der Waals surface area (Å²) in [5.41, 5.74) is 1.88. The van der Waals surface area contributed by atoms with Crippen LogP contribution in [0.25, 0.3) is 0 Å². The minimum Gasteiger partial charge on any atom is -0.487 e. The van der Waals surface area contributed by atoms with Crippen molar-refractivity contribution < 1.29 is 18.6 Å². The zero-order valence-electron chi connectivity index (χ0n) is 11.5. The van der Waals surface area contributed by atoms with Gasteiger partial charge in [0.05, 0.1) is 5.56 Å². The molecule has 4 heteroatoms. The van der Waals surface area contributed by atoms with Gasteiger partial charge in [0.25, 0.3) is 0 Å². The summed E-state index contributed by atoms with van der Waals surface area (Å²) in [5.74, 6) is 4.56. The lowest BCUT2D eigenvalue weighted by molar-refractivity contribution is 0.298. The topological polar surface area (TPSA) is 29.5 Å². The lowest BCUT2D eigenvalue weighted by Crippen LogP contribution is -2.00. The van der Waals surface area contributed by atoms with Crippen molar-refractivity contribution in [3.05, 3.63) is 64.7 Å². The fourth-order valence-corrected chi connectivity index (χ4v) is 1.80. The van der Waals surface area contributed by atoms with Gasteiger partial charge in [0.15, 0.2) is 0 Å². The van der Waals surface area contributed by atoms with Gasteiger partial charge in [-0.05, 0) is 36.8 Å². The van der Waals surface area contributed by atoms with E-state index in [9.17, 15) is 8.78 Å². The quantitative estimate of drug-likeness (QED) is 0.879. The van der Waals surface area contributed by atoms with Crippen molar-refractivity contribution in [1.82, 2.24) is 0 Å². The lowest BCUT2D eigenvalue weighted by Gasteiger charge is -2.10. The molecule has 2 rings (SSSR count). The van der Waals surface area contributed by atoms with E-state index < -0.39 is 11.6 Å². The van der Waals surface area contributed by atoms with Crippen LogP contribution in [0.3, 0.4) is 0 Å². The van der Waals surface area contributed by atoms with Gasteiger partial charge in [-0.25, -0.2) is 8.78 Å². The second-order valence-electron chi connectivity index (χ2n) is 4.48. The van der Waals surface area contributed by atoms with E-state index >= 15 is 0 Å². The highest BCUT2D eigenvalue weighted by atomic mass is 19.1. The monoisotopic (exact) mass is 288 g/mol. The van der Waals surface area contributed by atoms with E-state index in [0.717, 1.165) is 11.6 Å². The van der Waals surface area contributed by atoms with Gasteiger partial charge in [-0.15, -0.1) is 0 Å². The maximum absolute atomic E-state index is 13.5. The number of aliphatic hydroxyl groups is 1. The van der Waals surface area contributed by atoms with Crippen LogP contribution in [0.1, 0.15) is 16.7 Å². The second kappa shape index (κ2) is 6.87. The van der Waals surface area contributed by atoms with Crippen LogP contribution in [0.5, 0.6) is 5.75 Å². The Morgan fingerprint density at radius 3 is 2.67 bits per heavy atom. The number of aryl methyl sites for hydroxylation is 1. The zero-order chi connectivity index (χ0) is 15.2. The highest BCUT2D eigenvalue weighted by Crippen LogP contribution is 2.21. The Morgan fingerprint density at radius 2 is 1.95 bits per heavy atom. The number of halogens is 2. The summed E-state index contributed by atoms with van der Waals surface area (Å²) < 4.78 is 31.9. The SMILES string of the molecule is Cc1ccc(OCc2ccc(F)cc2F)c(C#CCO)c1. The Bertz CT molecular complexity index is 700. The maximum atomic E-state index is 13.5. The molecule has 108 valence electrons. The van der Waals surface area contributed by atoms with Crippen LogP contribution in [0.2, 0.25) is 0 Å². The van der Waals surface area contributed by atoms with Gasteiger partial charge in [-0.2, -0.15) is 0 Å². The summed E-state index contributed by atoms with van der Waals surface area (Å²) in [5, 5.41) is 8.76. The molecule has 0 atom stereocenters. The third kappa shape index (κ3) is 4.04. The number of aliphatic hydroxyl groups excluding tert-OH is 1. The summed E-state index contributed by atoms with van der Waals surface area (Å²) in [7, 11) is 0. The highest BCUT2D eigenvalue weighted by molar-refractivity contribution is 5.48. The van der Waals surface area contributed by atoms with Crippen molar-refractivity contribution in [3.63, 3.8) is 0 Å². The molecule has 0 saturated heterocycles. The van der Waals surface area contributed by atoms with Crippen molar-refractivity contribution in [2.75, 3.05) is 6.61 Å². The van der Waals surface area contributed by atoms with Crippen molar-refractivity contribution in [3.8, 4) is 17.6 Å². The first-order chi connectivity index (χ1) is 10.1. The van der Waals surface area contributed by atoms with Crippen molar-refractivity contribution in [2.24, 2.45) is 0 Å². The van der Waals surface area contributed by atoms with E-state index in [1.54, 1.807) is 6.07 Å². The largest absolute Gasteiger partial charge is 0.487 e. The number of hydrogen-bond donors (Lipinski definition) is 1. The Labute approximate surface area is 122 Å². The molecule has 0 bridgehead atoms. The normalized spacial score (nSPS) is 9.90. The molecule has 1 N–H and O–H groups in total. The van der Waals surface area contributed by atoms with Gasteiger partial charge in [0.1, 0.15) is 30.6 Å². The molecule has 0 saturated carbocycles. The first-order valence-corrected chi connectivity index (χ1v) is 6.37. The number of ether oxygens (including phenoxy) is 1. The predicted molar refractivity (Wildman–Crippen MR) is 75.8 cm³/mol. The maximum Gasteiger partial charge on any atom is 0.135 e. The van der Waals surface area contributed by atoms with Crippen molar-refractivity contribution in [1.29, 1.82) is 0 Å². The zero-order valence-corrected chi connectivity index (χ0v) is 11.5. The molecule has 0 aliphatic carbocycles. The smallest absolute Gasteiger partial charge is 0.135 e. The van der Waals surface area contributed by atoms with Gasteiger partial charge < -0.3 is 9.84 Å². The molecule has 2 aromatic rings. The fourth-order valence-electron chi connectivity index (χ4n) is 1.80. The van der Waals surface area contributed by atoms with Crippen LogP contribution in [0.15, 0.2) is 36.4 Å².